The third-order valence-corrected chi connectivity index (χ3v) is 4.53. The van der Waals surface area contributed by atoms with Crippen molar-refractivity contribution in [2.24, 2.45) is 0 Å². The van der Waals surface area contributed by atoms with Crippen LogP contribution in [-0.2, 0) is 17.8 Å². The van der Waals surface area contributed by atoms with Crippen LogP contribution in [0.15, 0.2) is 48.5 Å². The Morgan fingerprint density at radius 3 is 2.88 bits per heavy atom. The summed E-state index contributed by atoms with van der Waals surface area (Å²) in [4.78, 5) is 0. The second kappa shape index (κ2) is 10.2. The molecule has 1 aliphatic heterocycles. The van der Waals surface area contributed by atoms with Crippen LogP contribution >= 0.6 is 0 Å². The largest absolute Gasteiger partial charge is 0.489 e. The average molecular weight is 355 g/mol. The monoisotopic (exact) mass is 355 g/mol. The lowest BCUT2D eigenvalue weighted by molar-refractivity contribution is 0.140. The standard InChI is InChI=1S/C22H29NO3/c1-2-24-14-6-13-23-16-21-12-10-19-9-11-20(15-22(19)26-21)25-17-18-7-4-3-5-8-18/h3-5,7-9,11,15,21,23H,2,6,10,12-14,16-17H2,1H3. The molecule has 0 aromatic heterocycles. The van der Waals surface area contributed by atoms with Gasteiger partial charge in [0.2, 0.25) is 0 Å². The molecule has 4 nitrogen and oxygen atoms in total. The molecule has 3 rings (SSSR count). The van der Waals surface area contributed by atoms with Crippen LogP contribution < -0.4 is 14.8 Å². The third kappa shape index (κ3) is 5.75. The highest BCUT2D eigenvalue weighted by Gasteiger charge is 2.20. The molecule has 0 aliphatic carbocycles. The highest BCUT2D eigenvalue weighted by molar-refractivity contribution is 5.42. The van der Waals surface area contributed by atoms with Gasteiger partial charge in [0.15, 0.2) is 0 Å². The van der Waals surface area contributed by atoms with E-state index < -0.39 is 0 Å². The van der Waals surface area contributed by atoms with Gasteiger partial charge >= 0.3 is 0 Å². The van der Waals surface area contributed by atoms with E-state index in [1.165, 1.54) is 11.1 Å². The Balaban J connectivity index is 1.46. The van der Waals surface area contributed by atoms with Crippen LogP contribution in [0.2, 0.25) is 0 Å². The normalized spacial score (nSPS) is 16.0. The molecule has 1 aliphatic rings. The molecule has 26 heavy (non-hydrogen) atoms. The van der Waals surface area contributed by atoms with E-state index >= 15 is 0 Å². The first-order valence-electron chi connectivity index (χ1n) is 9.60. The molecule has 0 spiro atoms. The van der Waals surface area contributed by atoms with E-state index in [1.807, 2.05) is 37.3 Å². The van der Waals surface area contributed by atoms with Gasteiger partial charge in [-0.3, -0.25) is 0 Å². The van der Waals surface area contributed by atoms with E-state index in [9.17, 15) is 0 Å². The van der Waals surface area contributed by atoms with Crippen molar-refractivity contribution in [3.8, 4) is 11.5 Å². The summed E-state index contributed by atoms with van der Waals surface area (Å²) < 4.78 is 17.5. The molecule has 2 aromatic carbocycles. The van der Waals surface area contributed by atoms with Gasteiger partial charge in [0.1, 0.15) is 24.2 Å². The quantitative estimate of drug-likeness (QED) is 0.655. The molecule has 140 valence electrons. The van der Waals surface area contributed by atoms with E-state index in [0.29, 0.717) is 6.61 Å². The van der Waals surface area contributed by atoms with Crippen molar-refractivity contribution >= 4 is 0 Å². The Hall–Kier alpha value is -2.04. The number of hydrogen-bond donors (Lipinski definition) is 1. The van der Waals surface area contributed by atoms with Crippen molar-refractivity contribution in [1.29, 1.82) is 0 Å². The number of fused-ring (bicyclic) bond motifs is 1. The minimum Gasteiger partial charge on any atom is -0.489 e. The summed E-state index contributed by atoms with van der Waals surface area (Å²) in [6, 6.07) is 16.4. The van der Waals surface area contributed by atoms with Crippen LogP contribution in [-0.4, -0.2) is 32.4 Å². The molecule has 0 bridgehead atoms. The number of ether oxygens (including phenoxy) is 3. The van der Waals surface area contributed by atoms with Gasteiger partial charge in [-0.05, 0) is 49.9 Å². The summed E-state index contributed by atoms with van der Waals surface area (Å²) in [6.07, 6.45) is 3.36. The Bertz CT molecular complexity index is 660. The zero-order valence-corrected chi connectivity index (χ0v) is 15.6. The molecule has 1 atom stereocenters. The minimum atomic E-state index is 0.221. The minimum absolute atomic E-state index is 0.221. The Labute approximate surface area is 156 Å². The molecule has 2 aromatic rings. The Kier molecular flexibility index (Phi) is 7.35. The summed E-state index contributed by atoms with van der Waals surface area (Å²) in [7, 11) is 0. The smallest absolute Gasteiger partial charge is 0.126 e. The Morgan fingerprint density at radius 2 is 2.04 bits per heavy atom. The fourth-order valence-corrected chi connectivity index (χ4v) is 3.09. The van der Waals surface area contributed by atoms with Crippen LogP contribution in [0.3, 0.4) is 0 Å². The number of benzene rings is 2. The van der Waals surface area contributed by atoms with Crippen molar-refractivity contribution in [2.45, 2.75) is 38.9 Å². The first-order valence-corrected chi connectivity index (χ1v) is 9.60. The molecule has 1 unspecified atom stereocenters. The maximum atomic E-state index is 6.18. The summed E-state index contributed by atoms with van der Waals surface area (Å²) in [6.45, 7) is 6.05. The highest BCUT2D eigenvalue weighted by Crippen LogP contribution is 2.31. The fourth-order valence-electron chi connectivity index (χ4n) is 3.09. The molecule has 0 saturated carbocycles. The van der Waals surface area contributed by atoms with Crippen LogP contribution in [0, 0.1) is 0 Å². The average Bonchev–Trinajstić information content (AvgIpc) is 2.69. The highest BCUT2D eigenvalue weighted by atomic mass is 16.5. The third-order valence-electron chi connectivity index (χ3n) is 4.53. The molecular weight excluding hydrogens is 326 g/mol. The van der Waals surface area contributed by atoms with Crippen LogP contribution in [0.1, 0.15) is 30.9 Å². The lowest BCUT2D eigenvalue weighted by Gasteiger charge is -2.27. The first-order chi connectivity index (χ1) is 12.8. The molecule has 0 saturated heterocycles. The van der Waals surface area contributed by atoms with Gasteiger partial charge < -0.3 is 19.5 Å². The number of nitrogens with one attached hydrogen (secondary N) is 1. The predicted molar refractivity (Wildman–Crippen MR) is 104 cm³/mol. The Morgan fingerprint density at radius 1 is 1.15 bits per heavy atom. The maximum Gasteiger partial charge on any atom is 0.126 e. The maximum absolute atomic E-state index is 6.18. The second-order valence-corrected chi connectivity index (χ2v) is 6.58. The van der Waals surface area contributed by atoms with Crippen molar-refractivity contribution in [2.75, 3.05) is 26.3 Å². The molecule has 1 N–H and O–H groups in total. The van der Waals surface area contributed by atoms with Gasteiger partial charge in [-0.15, -0.1) is 0 Å². The van der Waals surface area contributed by atoms with E-state index in [0.717, 1.165) is 57.1 Å². The SMILES string of the molecule is CCOCCCNCC1CCc2ccc(OCc3ccccc3)cc2O1. The van der Waals surface area contributed by atoms with Gasteiger partial charge in [0.05, 0.1) is 0 Å². The van der Waals surface area contributed by atoms with Crippen LogP contribution in [0.25, 0.3) is 0 Å². The van der Waals surface area contributed by atoms with Crippen molar-refractivity contribution in [3.05, 3.63) is 59.7 Å². The molecule has 0 amide bonds. The summed E-state index contributed by atoms with van der Waals surface area (Å²) in [5, 5.41) is 3.47. The molecule has 0 radical (unpaired) electrons. The van der Waals surface area contributed by atoms with Crippen molar-refractivity contribution in [1.82, 2.24) is 5.32 Å². The van der Waals surface area contributed by atoms with E-state index in [1.54, 1.807) is 0 Å². The molecule has 1 heterocycles. The van der Waals surface area contributed by atoms with Crippen LogP contribution in [0.5, 0.6) is 11.5 Å². The van der Waals surface area contributed by atoms with Crippen molar-refractivity contribution < 1.29 is 14.2 Å². The summed E-state index contributed by atoms with van der Waals surface area (Å²) in [5.41, 5.74) is 2.44. The lowest BCUT2D eigenvalue weighted by atomic mass is 10.0. The lowest BCUT2D eigenvalue weighted by Crippen LogP contribution is -2.34. The topological polar surface area (TPSA) is 39.7 Å². The van der Waals surface area contributed by atoms with Gasteiger partial charge in [0, 0.05) is 25.8 Å². The van der Waals surface area contributed by atoms with E-state index in [4.69, 9.17) is 14.2 Å². The fraction of sp³-hybridized carbons (Fsp3) is 0.455. The van der Waals surface area contributed by atoms with E-state index in [-0.39, 0.29) is 6.10 Å². The zero-order chi connectivity index (χ0) is 18.0. The number of hydrogen-bond acceptors (Lipinski definition) is 4. The van der Waals surface area contributed by atoms with Gasteiger partial charge in [-0.1, -0.05) is 36.4 Å². The molecular formula is C22H29NO3. The van der Waals surface area contributed by atoms with E-state index in [2.05, 4.69) is 23.5 Å². The first kappa shape index (κ1) is 18.7. The summed E-state index contributed by atoms with van der Waals surface area (Å²) in [5.74, 6) is 1.82. The van der Waals surface area contributed by atoms with Crippen LogP contribution in [0.4, 0.5) is 0 Å². The summed E-state index contributed by atoms with van der Waals surface area (Å²) >= 11 is 0. The second-order valence-electron chi connectivity index (χ2n) is 6.58. The predicted octanol–water partition coefficient (Wildman–Crippen LogP) is 3.98. The molecule has 4 heteroatoms. The molecule has 0 fully saturated rings. The zero-order valence-electron chi connectivity index (χ0n) is 15.6. The van der Waals surface area contributed by atoms with Crippen molar-refractivity contribution in [3.63, 3.8) is 0 Å². The van der Waals surface area contributed by atoms with Gasteiger partial charge in [0.25, 0.3) is 0 Å². The van der Waals surface area contributed by atoms with Gasteiger partial charge in [-0.2, -0.15) is 0 Å². The number of rotatable bonds is 10. The van der Waals surface area contributed by atoms with Gasteiger partial charge in [-0.25, -0.2) is 0 Å². The number of aryl methyl sites for hydroxylation is 1.